The van der Waals surface area contributed by atoms with E-state index in [2.05, 4.69) is 22.5 Å². The van der Waals surface area contributed by atoms with Gasteiger partial charge in [0, 0.05) is 30.2 Å². The first-order valence-corrected chi connectivity index (χ1v) is 9.70. The molecule has 3 aromatic rings. The van der Waals surface area contributed by atoms with Crippen molar-refractivity contribution in [2.24, 2.45) is 0 Å². The third-order valence-corrected chi connectivity index (χ3v) is 4.38. The van der Waals surface area contributed by atoms with E-state index in [4.69, 9.17) is 4.74 Å². The van der Waals surface area contributed by atoms with Crippen molar-refractivity contribution in [2.45, 2.75) is 26.3 Å². The van der Waals surface area contributed by atoms with Gasteiger partial charge in [-0.15, -0.1) is 0 Å². The minimum atomic E-state index is -0.200. The fourth-order valence-corrected chi connectivity index (χ4v) is 2.75. The number of pyridine rings is 1. The number of hydrogen-bond acceptors (Lipinski definition) is 4. The molecule has 0 aliphatic carbocycles. The number of aromatic amines is 1. The summed E-state index contributed by atoms with van der Waals surface area (Å²) in [5, 5.41) is 6.17. The Hall–Kier alpha value is -3.54. The summed E-state index contributed by atoms with van der Waals surface area (Å²) in [6.07, 6.45) is 3.76. The predicted molar refractivity (Wildman–Crippen MR) is 116 cm³/mol. The van der Waals surface area contributed by atoms with Gasteiger partial charge in [-0.1, -0.05) is 31.5 Å². The number of hydrogen-bond donors (Lipinski definition) is 3. The molecule has 3 rings (SSSR count). The molecule has 0 radical (unpaired) electrons. The van der Waals surface area contributed by atoms with E-state index in [0.717, 1.165) is 29.8 Å². The maximum Gasteiger partial charge on any atom is 0.257 e. The Kier molecular flexibility index (Phi) is 7.05. The van der Waals surface area contributed by atoms with Gasteiger partial charge in [0.25, 0.3) is 5.91 Å². The maximum absolute atomic E-state index is 12.8. The molecule has 0 saturated heterocycles. The Bertz CT molecular complexity index is 976. The summed E-state index contributed by atoms with van der Waals surface area (Å²) in [5.74, 6) is 0.591. The van der Waals surface area contributed by atoms with Crippen LogP contribution in [0, 0.1) is 0 Å². The van der Waals surface area contributed by atoms with Gasteiger partial charge in [0.05, 0.1) is 12.2 Å². The van der Waals surface area contributed by atoms with Crippen molar-refractivity contribution >= 4 is 17.3 Å². The van der Waals surface area contributed by atoms with Crippen molar-refractivity contribution in [3.05, 3.63) is 88.3 Å². The van der Waals surface area contributed by atoms with E-state index in [9.17, 15) is 9.59 Å². The highest BCUT2D eigenvalue weighted by atomic mass is 16.5. The van der Waals surface area contributed by atoms with Gasteiger partial charge in [0.1, 0.15) is 5.75 Å². The molecule has 0 fully saturated rings. The second kappa shape index (κ2) is 10.1. The molecule has 1 heterocycles. The number of para-hydroxylation sites is 1. The van der Waals surface area contributed by atoms with Crippen LogP contribution < -0.4 is 20.9 Å². The van der Waals surface area contributed by atoms with Crippen LogP contribution in [0.15, 0.2) is 71.7 Å². The molecule has 0 bridgehead atoms. The molecule has 1 aromatic heterocycles. The number of carbonyl (C=O) groups excluding carboxylic acids is 1. The third-order valence-electron chi connectivity index (χ3n) is 4.38. The predicted octanol–water partition coefficient (Wildman–Crippen LogP) is 4.42. The van der Waals surface area contributed by atoms with E-state index in [1.807, 2.05) is 42.5 Å². The van der Waals surface area contributed by atoms with E-state index in [1.165, 1.54) is 6.07 Å². The number of carbonyl (C=O) groups is 1. The van der Waals surface area contributed by atoms with Crippen LogP contribution in [0.4, 0.5) is 11.4 Å². The van der Waals surface area contributed by atoms with Gasteiger partial charge in [-0.05, 0) is 48.4 Å². The van der Waals surface area contributed by atoms with Gasteiger partial charge in [0.15, 0.2) is 0 Å². The van der Waals surface area contributed by atoms with Crippen molar-refractivity contribution in [3.63, 3.8) is 0 Å². The van der Waals surface area contributed by atoms with Gasteiger partial charge < -0.3 is 20.4 Å². The number of rotatable bonds is 9. The van der Waals surface area contributed by atoms with E-state index >= 15 is 0 Å². The molecular formula is C23H25N3O3. The lowest BCUT2D eigenvalue weighted by Crippen LogP contribution is -2.15. The highest BCUT2D eigenvalue weighted by Crippen LogP contribution is 2.20. The van der Waals surface area contributed by atoms with Gasteiger partial charge in [-0.2, -0.15) is 0 Å². The van der Waals surface area contributed by atoms with E-state index in [-0.39, 0.29) is 11.5 Å². The molecule has 1 amide bonds. The van der Waals surface area contributed by atoms with Gasteiger partial charge in [-0.3, -0.25) is 9.59 Å². The number of H-pyrrole nitrogens is 1. The van der Waals surface area contributed by atoms with Crippen LogP contribution in [0.1, 0.15) is 35.7 Å². The van der Waals surface area contributed by atoms with Crippen molar-refractivity contribution < 1.29 is 9.53 Å². The van der Waals surface area contributed by atoms with Crippen molar-refractivity contribution in [1.82, 2.24) is 4.98 Å². The van der Waals surface area contributed by atoms with Crippen LogP contribution in [-0.2, 0) is 6.54 Å². The van der Waals surface area contributed by atoms with E-state index in [1.54, 1.807) is 18.3 Å². The first-order valence-electron chi connectivity index (χ1n) is 9.70. The molecule has 2 aromatic carbocycles. The molecular weight excluding hydrogens is 366 g/mol. The molecule has 0 atom stereocenters. The van der Waals surface area contributed by atoms with Crippen molar-refractivity contribution in [3.8, 4) is 5.75 Å². The fourth-order valence-electron chi connectivity index (χ4n) is 2.75. The summed E-state index contributed by atoms with van der Waals surface area (Å²) in [7, 11) is 0. The van der Waals surface area contributed by atoms with Gasteiger partial charge >= 0.3 is 0 Å². The minimum absolute atomic E-state index is 0.143. The Balaban J connectivity index is 1.63. The zero-order valence-electron chi connectivity index (χ0n) is 16.4. The summed E-state index contributed by atoms with van der Waals surface area (Å²) in [4.78, 5) is 26.6. The highest BCUT2D eigenvalue weighted by Gasteiger charge is 2.11. The summed E-state index contributed by atoms with van der Waals surface area (Å²) >= 11 is 0. The SMILES string of the molecule is CCCCOc1ccc(NC(=O)c2ccccc2NCc2ccc(=O)[nH]c2)cc1. The van der Waals surface area contributed by atoms with Crippen molar-refractivity contribution in [1.29, 1.82) is 0 Å². The standard InChI is InChI=1S/C23H25N3O3/c1-2-3-14-29-19-11-9-18(10-12-19)26-23(28)20-6-4-5-7-21(20)24-15-17-8-13-22(27)25-16-17/h4-13,16,24H,2-3,14-15H2,1H3,(H,25,27)(H,26,28). The molecule has 0 saturated carbocycles. The number of nitrogens with one attached hydrogen (secondary N) is 3. The van der Waals surface area contributed by atoms with E-state index in [0.29, 0.717) is 24.4 Å². The number of unbranched alkanes of at least 4 members (excludes halogenated alkanes) is 1. The van der Waals surface area contributed by atoms with Crippen LogP contribution in [0.3, 0.4) is 0 Å². The average Bonchev–Trinajstić information content (AvgIpc) is 2.75. The Morgan fingerprint density at radius 2 is 1.83 bits per heavy atom. The monoisotopic (exact) mass is 391 g/mol. The van der Waals surface area contributed by atoms with Crippen LogP contribution in [-0.4, -0.2) is 17.5 Å². The summed E-state index contributed by atoms with van der Waals surface area (Å²) in [6, 6.07) is 17.9. The molecule has 6 heteroatoms. The van der Waals surface area contributed by atoms with Crippen LogP contribution in [0.2, 0.25) is 0 Å². The number of benzene rings is 2. The summed E-state index contributed by atoms with van der Waals surface area (Å²) in [5.41, 5.74) is 2.73. The maximum atomic E-state index is 12.8. The zero-order chi connectivity index (χ0) is 20.5. The second-order valence-corrected chi connectivity index (χ2v) is 6.64. The molecule has 6 nitrogen and oxygen atoms in total. The highest BCUT2D eigenvalue weighted by molar-refractivity contribution is 6.08. The molecule has 0 aliphatic heterocycles. The molecule has 0 aliphatic rings. The van der Waals surface area contributed by atoms with Crippen LogP contribution in [0.25, 0.3) is 0 Å². The number of amides is 1. The van der Waals surface area contributed by atoms with Gasteiger partial charge in [-0.25, -0.2) is 0 Å². The molecule has 0 unspecified atom stereocenters. The fraction of sp³-hybridized carbons (Fsp3) is 0.217. The topological polar surface area (TPSA) is 83.2 Å². The molecule has 3 N–H and O–H groups in total. The Labute approximate surface area is 169 Å². The zero-order valence-corrected chi connectivity index (χ0v) is 16.4. The average molecular weight is 391 g/mol. The van der Waals surface area contributed by atoms with Crippen molar-refractivity contribution in [2.75, 3.05) is 17.2 Å². The lowest BCUT2D eigenvalue weighted by molar-refractivity contribution is 0.102. The van der Waals surface area contributed by atoms with Gasteiger partial charge in [0.2, 0.25) is 5.56 Å². The Morgan fingerprint density at radius 3 is 2.55 bits per heavy atom. The number of ether oxygens (including phenoxy) is 1. The largest absolute Gasteiger partial charge is 0.494 e. The lowest BCUT2D eigenvalue weighted by atomic mass is 10.1. The molecule has 150 valence electrons. The third kappa shape index (κ3) is 5.97. The van der Waals surface area contributed by atoms with Crippen LogP contribution in [0.5, 0.6) is 5.75 Å². The first kappa shape index (κ1) is 20.2. The first-order chi connectivity index (χ1) is 14.2. The lowest BCUT2D eigenvalue weighted by Gasteiger charge is -2.13. The molecule has 29 heavy (non-hydrogen) atoms. The normalized spacial score (nSPS) is 10.4. The summed E-state index contributed by atoms with van der Waals surface area (Å²) in [6.45, 7) is 3.30. The Morgan fingerprint density at radius 1 is 1.03 bits per heavy atom. The van der Waals surface area contributed by atoms with E-state index < -0.39 is 0 Å². The van der Waals surface area contributed by atoms with Crippen LogP contribution >= 0.6 is 0 Å². The quantitative estimate of drug-likeness (QED) is 0.472. The smallest absolute Gasteiger partial charge is 0.257 e. The minimum Gasteiger partial charge on any atom is -0.494 e. The number of aromatic nitrogens is 1. The number of anilines is 2. The molecule has 0 spiro atoms. The summed E-state index contributed by atoms with van der Waals surface area (Å²) < 4.78 is 5.65. The second-order valence-electron chi connectivity index (χ2n) is 6.64.